The van der Waals surface area contributed by atoms with Gasteiger partial charge >= 0.3 is 0 Å². The van der Waals surface area contributed by atoms with Gasteiger partial charge in [-0.2, -0.15) is 0 Å². The fraction of sp³-hybridized carbons (Fsp3) is 1.00. The molecule has 3 nitrogen and oxygen atoms in total. The Kier molecular flexibility index (Phi) is 7.89. The number of aliphatic hydroxyl groups is 1. The van der Waals surface area contributed by atoms with Gasteiger partial charge < -0.3 is 15.2 Å². The Morgan fingerprint density at radius 3 is 2.82 bits per heavy atom. The van der Waals surface area contributed by atoms with E-state index in [1.165, 1.54) is 0 Å². The van der Waals surface area contributed by atoms with E-state index in [-0.39, 0.29) is 6.10 Å². The molecule has 0 aliphatic heterocycles. The third kappa shape index (κ3) is 9.88. The minimum absolute atomic E-state index is 0.248. The molecular weight excluding hydrogens is 142 g/mol. The van der Waals surface area contributed by atoms with Crippen molar-refractivity contribution in [1.82, 2.24) is 5.32 Å². The van der Waals surface area contributed by atoms with Crippen LogP contribution >= 0.6 is 0 Å². The van der Waals surface area contributed by atoms with Crippen LogP contribution in [0.4, 0.5) is 0 Å². The molecule has 2 N–H and O–H groups in total. The molecule has 1 atom stereocenters. The van der Waals surface area contributed by atoms with Gasteiger partial charge in [0.2, 0.25) is 0 Å². The number of nitrogens with one attached hydrogen (secondary N) is 1. The first-order valence-electron chi connectivity index (χ1n) is 4.24. The van der Waals surface area contributed by atoms with Crippen LogP contribution in [-0.4, -0.2) is 37.5 Å². The maximum Gasteiger partial charge on any atom is 0.0636 e. The second-order valence-corrected chi connectivity index (χ2v) is 2.60. The van der Waals surface area contributed by atoms with Gasteiger partial charge in [0.05, 0.1) is 6.10 Å². The highest BCUT2D eigenvalue weighted by atomic mass is 16.5. The first-order chi connectivity index (χ1) is 5.27. The largest absolute Gasteiger partial charge is 0.392 e. The predicted molar refractivity (Wildman–Crippen MR) is 45.7 cm³/mol. The Balaban J connectivity index is 2.80. The van der Waals surface area contributed by atoms with Crippen LogP contribution in [-0.2, 0) is 4.74 Å². The molecule has 0 rings (SSSR count). The SMILES string of the molecule is CCOCCCNC[C@H](C)O. The van der Waals surface area contributed by atoms with E-state index in [1.54, 1.807) is 6.92 Å². The third-order valence-electron chi connectivity index (χ3n) is 1.29. The lowest BCUT2D eigenvalue weighted by Gasteiger charge is -2.06. The van der Waals surface area contributed by atoms with Gasteiger partial charge in [0.15, 0.2) is 0 Å². The molecule has 0 aliphatic carbocycles. The van der Waals surface area contributed by atoms with E-state index in [9.17, 15) is 0 Å². The molecule has 0 fully saturated rings. The molecule has 3 heteroatoms. The highest BCUT2D eigenvalue weighted by Crippen LogP contribution is 1.81. The Labute approximate surface area is 68.8 Å². The van der Waals surface area contributed by atoms with Gasteiger partial charge in [0.25, 0.3) is 0 Å². The van der Waals surface area contributed by atoms with Gasteiger partial charge in [0, 0.05) is 19.8 Å². The molecule has 0 saturated carbocycles. The lowest BCUT2D eigenvalue weighted by molar-refractivity contribution is 0.142. The standard InChI is InChI=1S/C8H19NO2/c1-3-11-6-4-5-9-7-8(2)10/h8-10H,3-7H2,1-2H3/t8-/m0/s1. The summed E-state index contributed by atoms with van der Waals surface area (Å²) >= 11 is 0. The monoisotopic (exact) mass is 161 g/mol. The molecule has 0 bridgehead atoms. The quantitative estimate of drug-likeness (QED) is 0.530. The summed E-state index contributed by atoms with van der Waals surface area (Å²) in [6.07, 6.45) is 0.766. The topological polar surface area (TPSA) is 41.5 Å². The van der Waals surface area contributed by atoms with Gasteiger partial charge in [-0.05, 0) is 26.8 Å². The summed E-state index contributed by atoms with van der Waals surface area (Å²) < 4.78 is 5.14. The summed E-state index contributed by atoms with van der Waals surface area (Å²) in [7, 11) is 0. The fourth-order valence-electron chi connectivity index (χ4n) is 0.755. The lowest BCUT2D eigenvalue weighted by Crippen LogP contribution is -2.25. The van der Waals surface area contributed by atoms with Crippen molar-refractivity contribution in [2.24, 2.45) is 0 Å². The highest BCUT2D eigenvalue weighted by molar-refractivity contribution is 4.51. The van der Waals surface area contributed by atoms with E-state index in [4.69, 9.17) is 9.84 Å². The average molecular weight is 161 g/mol. The second-order valence-electron chi connectivity index (χ2n) is 2.60. The second kappa shape index (κ2) is 7.98. The number of aliphatic hydroxyl groups excluding tert-OH is 1. The van der Waals surface area contributed by atoms with Crippen LogP contribution in [0.3, 0.4) is 0 Å². The lowest BCUT2D eigenvalue weighted by atomic mass is 10.4. The molecule has 0 aromatic rings. The van der Waals surface area contributed by atoms with Crippen LogP contribution in [0, 0.1) is 0 Å². The summed E-state index contributed by atoms with van der Waals surface area (Å²) in [6, 6.07) is 0. The zero-order valence-electron chi connectivity index (χ0n) is 7.47. The Morgan fingerprint density at radius 1 is 1.55 bits per heavy atom. The van der Waals surface area contributed by atoms with E-state index < -0.39 is 0 Å². The molecule has 0 heterocycles. The van der Waals surface area contributed by atoms with E-state index >= 15 is 0 Å². The molecule has 0 aromatic heterocycles. The van der Waals surface area contributed by atoms with Crippen LogP contribution < -0.4 is 5.32 Å². The molecule has 68 valence electrons. The van der Waals surface area contributed by atoms with Crippen LogP contribution in [0.5, 0.6) is 0 Å². The summed E-state index contributed by atoms with van der Waals surface area (Å²) in [4.78, 5) is 0. The van der Waals surface area contributed by atoms with Crippen molar-refractivity contribution < 1.29 is 9.84 Å². The molecule has 11 heavy (non-hydrogen) atoms. The molecular formula is C8H19NO2. The summed E-state index contributed by atoms with van der Waals surface area (Å²) in [6.45, 7) is 6.95. The zero-order valence-corrected chi connectivity index (χ0v) is 7.47. The number of ether oxygens (including phenoxy) is 1. The Hall–Kier alpha value is -0.120. The minimum atomic E-state index is -0.248. The summed E-state index contributed by atoms with van der Waals surface area (Å²) in [5.74, 6) is 0. The maximum atomic E-state index is 8.86. The Morgan fingerprint density at radius 2 is 2.27 bits per heavy atom. The molecule has 0 radical (unpaired) electrons. The Bertz CT molecular complexity index is 76.5. The molecule has 0 aliphatic rings. The number of rotatable bonds is 7. The van der Waals surface area contributed by atoms with E-state index in [0.717, 1.165) is 26.2 Å². The van der Waals surface area contributed by atoms with Gasteiger partial charge in [-0.25, -0.2) is 0 Å². The molecule has 0 aromatic carbocycles. The zero-order chi connectivity index (χ0) is 8.53. The van der Waals surface area contributed by atoms with Crippen molar-refractivity contribution >= 4 is 0 Å². The maximum absolute atomic E-state index is 8.86. The summed E-state index contributed by atoms with van der Waals surface area (Å²) in [5.41, 5.74) is 0. The van der Waals surface area contributed by atoms with Crippen LogP contribution in [0.1, 0.15) is 20.3 Å². The van der Waals surface area contributed by atoms with Gasteiger partial charge in [-0.15, -0.1) is 0 Å². The van der Waals surface area contributed by atoms with Crippen molar-refractivity contribution in [3.8, 4) is 0 Å². The number of hydrogen-bond acceptors (Lipinski definition) is 3. The van der Waals surface area contributed by atoms with Crippen LogP contribution in [0.25, 0.3) is 0 Å². The first kappa shape index (κ1) is 10.9. The molecule has 0 saturated heterocycles. The van der Waals surface area contributed by atoms with Gasteiger partial charge in [-0.3, -0.25) is 0 Å². The normalized spacial score (nSPS) is 13.4. The number of hydrogen-bond donors (Lipinski definition) is 2. The van der Waals surface area contributed by atoms with Crippen molar-refractivity contribution in [2.45, 2.75) is 26.4 Å². The van der Waals surface area contributed by atoms with E-state index in [0.29, 0.717) is 6.54 Å². The fourth-order valence-corrected chi connectivity index (χ4v) is 0.755. The van der Waals surface area contributed by atoms with Crippen molar-refractivity contribution in [1.29, 1.82) is 0 Å². The van der Waals surface area contributed by atoms with Gasteiger partial charge in [-0.1, -0.05) is 0 Å². The molecule has 0 unspecified atom stereocenters. The smallest absolute Gasteiger partial charge is 0.0636 e. The predicted octanol–water partition coefficient (Wildman–Crippen LogP) is 0.383. The first-order valence-corrected chi connectivity index (χ1v) is 4.24. The molecule has 0 spiro atoms. The van der Waals surface area contributed by atoms with Crippen LogP contribution in [0.2, 0.25) is 0 Å². The third-order valence-corrected chi connectivity index (χ3v) is 1.29. The highest BCUT2D eigenvalue weighted by Gasteiger charge is 1.92. The van der Waals surface area contributed by atoms with E-state index in [2.05, 4.69) is 5.32 Å². The van der Waals surface area contributed by atoms with Gasteiger partial charge in [0.1, 0.15) is 0 Å². The molecule has 0 amide bonds. The van der Waals surface area contributed by atoms with E-state index in [1.807, 2.05) is 6.92 Å². The minimum Gasteiger partial charge on any atom is -0.392 e. The summed E-state index contributed by atoms with van der Waals surface area (Å²) in [5, 5.41) is 12.0. The van der Waals surface area contributed by atoms with Crippen molar-refractivity contribution in [2.75, 3.05) is 26.3 Å². The van der Waals surface area contributed by atoms with Crippen molar-refractivity contribution in [3.05, 3.63) is 0 Å². The van der Waals surface area contributed by atoms with Crippen molar-refractivity contribution in [3.63, 3.8) is 0 Å². The van der Waals surface area contributed by atoms with Crippen LogP contribution in [0.15, 0.2) is 0 Å². The average Bonchev–Trinajstić information content (AvgIpc) is 1.96.